The van der Waals surface area contributed by atoms with Gasteiger partial charge in [-0.25, -0.2) is 4.79 Å². The van der Waals surface area contributed by atoms with E-state index < -0.39 is 69.2 Å². The molecule has 0 bridgehead atoms. The van der Waals surface area contributed by atoms with Crippen molar-refractivity contribution in [3.05, 3.63) is 24.2 Å². The molecule has 9 nitrogen and oxygen atoms in total. The summed E-state index contributed by atoms with van der Waals surface area (Å²) >= 11 is 0. The van der Waals surface area contributed by atoms with Crippen LogP contribution in [-0.2, 0) is 33.3 Å². The van der Waals surface area contributed by atoms with Gasteiger partial charge in [-0.1, -0.05) is 40.5 Å². The van der Waals surface area contributed by atoms with Crippen LogP contribution in [0.15, 0.2) is 23.0 Å². The molecule has 1 aromatic rings. The predicted octanol–water partition coefficient (Wildman–Crippen LogP) is 4.69. The van der Waals surface area contributed by atoms with Crippen LogP contribution in [-0.4, -0.2) is 58.9 Å². The van der Waals surface area contributed by atoms with Gasteiger partial charge in [0.05, 0.1) is 35.6 Å². The number of fused-ring (bicyclic) bond motifs is 2. The van der Waals surface area contributed by atoms with E-state index in [4.69, 9.17) is 23.4 Å². The van der Waals surface area contributed by atoms with E-state index in [0.29, 0.717) is 38.0 Å². The summed E-state index contributed by atoms with van der Waals surface area (Å²) in [4.78, 5) is 42.2. The van der Waals surface area contributed by atoms with Gasteiger partial charge in [0, 0.05) is 21.8 Å². The normalized spacial score (nSPS) is 50.8. The van der Waals surface area contributed by atoms with Crippen molar-refractivity contribution in [2.24, 2.45) is 39.4 Å². The summed E-state index contributed by atoms with van der Waals surface area (Å²) in [7, 11) is 0. The van der Waals surface area contributed by atoms with Crippen molar-refractivity contribution in [3.8, 4) is 0 Å². The fraction of sp³-hybridized carbons (Fsp3) is 0.794. The largest absolute Gasteiger partial charge is 0.472 e. The molecule has 7 aliphatic rings. The highest BCUT2D eigenvalue weighted by atomic mass is 16.7. The zero-order valence-corrected chi connectivity index (χ0v) is 25.9. The van der Waals surface area contributed by atoms with Crippen LogP contribution in [0.4, 0.5) is 0 Å². The van der Waals surface area contributed by atoms with Crippen LogP contribution >= 0.6 is 0 Å². The second-order valence-electron chi connectivity index (χ2n) is 15.9. The standard InChI is InChI=1S/C34H44O9/c1-18(2)8-14-30(4)22-21(35)23(36)31(5)20(33(22)17-40-28(38)32(27(33)43-30)11-6-7-12-32)9-13-29(3)24(19-10-15-39-16-19)41-26(37)25-34(29,31)42-25/h10,15-16,18,20,22-25,27,36H,6-9,11-14,17H2,1-5H3. The van der Waals surface area contributed by atoms with Crippen LogP contribution in [0, 0.1) is 39.4 Å². The third kappa shape index (κ3) is 2.99. The molecule has 11 atom stereocenters. The first kappa shape index (κ1) is 28.3. The highest BCUT2D eigenvalue weighted by Gasteiger charge is 2.91. The molecule has 0 aromatic carbocycles. The third-order valence-corrected chi connectivity index (χ3v) is 13.7. The summed E-state index contributed by atoms with van der Waals surface area (Å²) in [6.45, 7) is 10.4. The zero-order valence-electron chi connectivity index (χ0n) is 25.9. The second-order valence-corrected chi connectivity index (χ2v) is 15.9. The molecule has 1 aromatic heterocycles. The molecular weight excluding hydrogens is 552 g/mol. The van der Waals surface area contributed by atoms with Crippen molar-refractivity contribution in [3.63, 3.8) is 0 Å². The van der Waals surface area contributed by atoms with E-state index in [0.717, 1.165) is 24.8 Å². The molecule has 3 spiro atoms. The topological polar surface area (TPSA) is 125 Å². The van der Waals surface area contributed by atoms with Gasteiger partial charge in [0.25, 0.3) is 0 Å². The second kappa shape index (κ2) is 8.52. The Morgan fingerprint density at radius 3 is 2.44 bits per heavy atom. The van der Waals surface area contributed by atoms with Gasteiger partial charge in [-0.15, -0.1) is 0 Å². The highest BCUT2D eigenvalue weighted by Crippen LogP contribution is 2.81. The van der Waals surface area contributed by atoms with Crippen molar-refractivity contribution in [1.82, 2.24) is 0 Å². The Morgan fingerprint density at radius 2 is 1.77 bits per heavy atom. The third-order valence-electron chi connectivity index (χ3n) is 13.7. The Kier molecular flexibility index (Phi) is 5.60. The van der Waals surface area contributed by atoms with E-state index in [1.165, 1.54) is 0 Å². The number of carbonyl (C=O) groups excluding carboxylic acids is 3. The fourth-order valence-electron chi connectivity index (χ4n) is 11.9. The average molecular weight is 597 g/mol. The van der Waals surface area contributed by atoms with Crippen LogP contribution < -0.4 is 0 Å². The van der Waals surface area contributed by atoms with E-state index in [9.17, 15) is 19.5 Å². The number of rotatable bonds is 4. The summed E-state index contributed by atoms with van der Waals surface area (Å²) in [6.07, 6.45) is 5.66. The summed E-state index contributed by atoms with van der Waals surface area (Å²) < 4.78 is 31.3. The summed E-state index contributed by atoms with van der Waals surface area (Å²) in [5, 5.41) is 12.4. The minimum absolute atomic E-state index is 0.0754. The van der Waals surface area contributed by atoms with Gasteiger partial charge in [-0.05, 0) is 63.4 Å². The fourth-order valence-corrected chi connectivity index (χ4v) is 11.9. The maximum Gasteiger partial charge on any atom is 0.339 e. The molecule has 8 rings (SSSR count). The Morgan fingerprint density at radius 1 is 1.02 bits per heavy atom. The molecule has 9 heteroatoms. The molecule has 234 valence electrons. The number of ketones is 1. The average Bonchev–Trinajstić information content (AvgIpc) is 3.27. The first-order valence-corrected chi connectivity index (χ1v) is 16.3. The molecule has 0 amide bonds. The number of aliphatic hydroxyl groups excluding tert-OH is 1. The number of epoxide rings is 1. The van der Waals surface area contributed by atoms with Crippen molar-refractivity contribution < 1.29 is 42.9 Å². The quantitative estimate of drug-likeness (QED) is 0.389. The summed E-state index contributed by atoms with van der Waals surface area (Å²) in [5.41, 5.74) is -4.78. The molecular formula is C34H44O9. The molecule has 3 aliphatic carbocycles. The van der Waals surface area contributed by atoms with Gasteiger partial charge in [0.1, 0.15) is 24.4 Å². The predicted molar refractivity (Wildman–Crippen MR) is 150 cm³/mol. The van der Waals surface area contributed by atoms with Gasteiger partial charge in [-0.3, -0.25) is 9.59 Å². The first-order chi connectivity index (χ1) is 20.3. The number of furan rings is 1. The Labute approximate surface area is 252 Å². The van der Waals surface area contributed by atoms with Crippen molar-refractivity contribution in [2.45, 2.75) is 122 Å². The van der Waals surface area contributed by atoms with E-state index in [1.54, 1.807) is 18.6 Å². The lowest BCUT2D eigenvalue weighted by Crippen LogP contribution is -2.77. The van der Waals surface area contributed by atoms with E-state index in [2.05, 4.69) is 20.8 Å². The van der Waals surface area contributed by atoms with Crippen molar-refractivity contribution in [1.29, 1.82) is 0 Å². The summed E-state index contributed by atoms with van der Waals surface area (Å²) in [6, 6.07) is 1.80. The smallest absolute Gasteiger partial charge is 0.339 e. The lowest BCUT2D eigenvalue weighted by atomic mass is 9.35. The number of esters is 2. The number of ether oxygens (including phenoxy) is 4. The van der Waals surface area contributed by atoms with Gasteiger partial charge in [-0.2, -0.15) is 0 Å². The molecule has 4 aliphatic heterocycles. The van der Waals surface area contributed by atoms with Gasteiger partial charge < -0.3 is 28.5 Å². The Balaban J connectivity index is 1.33. The van der Waals surface area contributed by atoms with Crippen molar-refractivity contribution >= 4 is 17.7 Å². The number of hydrogen-bond donors (Lipinski definition) is 1. The number of cyclic esters (lactones) is 2. The molecule has 5 heterocycles. The maximum atomic E-state index is 14.9. The molecule has 3 saturated carbocycles. The van der Waals surface area contributed by atoms with Crippen LogP contribution in [0.1, 0.15) is 97.7 Å². The number of aliphatic hydroxyl groups is 1. The lowest BCUT2D eigenvalue weighted by Gasteiger charge is -2.67. The number of carbonyl (C=O) groups is 3. The van der Waals surface area contributed by atoms with Crippen LogP contribution in [0.3, 0.4) is 0 Å². The Bertz CT molecular complexity index is 1380. The van der Waals surface area contributed by atoms with Crippen molar-refractivity contribution in [2.75, 3.05) is 6.61 Å². The first-order valence-electron chi connectivity index (χ1n) is 16.3. The van der Waals surface area contributed by atoms with Crippen LogP contribution in [0.2, 0.25) is 0 Å². The minimum atomic E-state index is -1.38. The van der Waals surface area contributed by atoms with E-state index in [-0.39, 0.29) is 24.3 Å². The monoisotopic (exact) mass is 596 g/mol. The SMILES string of the molecule is CC(C)CCC1(C)OC2C3(CCCC3)C(=O)OCC23C1C(=O)C(O)C1(C)C3CCC2(C)C(c3ccoc3)OC(=O)C3OC321. The molecule has 7 fully saturated rings. The molecule has 1 N–H and O–H groups in total. The van der Waals surface area contributed by atoms with Crippen LogP contribution in [0.25, 0.3) is 0 Å². The van der Waals surface area contributed by atoms with E-state index in [1.807, 2.05) is 13.8 Å². The molecule has 43 heavy (non-hydrogen) atoms. The van der Waals surface area contributed by atoms with Gasteiger partial charge >= 0.3 is 11.9 Å². The van der Waals surface area contributed by atoms with Gasteiger partial charge in [0.15, 0.2) is 11.9 Å². The van der Waals surface area contributed by atoms with Gasteiger partial charge in [0.2, 0.25) is 0 Å². The van der Waals surface area contributed by atoms with E-state index >= 15 is 0 Å². The molecule has 0 radical (unpaired) electrons. The number of hydrogen-bond acceptors (Lipinski definition) is 9. The van der Waals surface area contributed by atoms with Crippen LogP contribution in [0.5, 0.6) is 0 Å². The Hall–Kier alpha value is -2.23. The maximum absolute atomic E-state index is 14.9. The molecule has 11 unspecified atom stereocenters. The number of Topliss-reactive ketones (excluding diaryl/α,β-unsaturated/α-hetero) is 1. The molecule has 4 saturated heterocycles. The summed E-state index contributed by atoms with van der Waals surface area (Å²) in [5.74, 6) is -1.50. The minimum Gasteiger partial charge on any atom is -0.472 e. The lowest BCUT2D eigenvalue weighted by molar-refractivity contribution is -0.264. The highest BCUT2D eigenvalue weighted by molar-refractivity contribution is 5.92. The zero-order chi connectivity index (χ0) is 30.4.